The minimum Gasteiger partial charge on any atom is -0.397 e. The van der Waals surface area contributed by atoms with Gasteiger partial charge < -0.3 is 39.3 Å². The van der Waals surface area contributed by atoms with E-state index in [1.807, 2.05) is 55.2 Å². The second-order valence-corrected chi connectivity index (χ2v) is 23.1. The van der Waals surface area contributed by atoms with Crippen LogP contribution in [0.5, 0.6) is 0 Å². The van der Waals surface area contributed by atoms with Gasteiger partial charge in [-0.15, -0.1) is 0 Å². The van der Waals surface area contributed by atoms with Gasteiger partial charge in [0.2, 0.25) is 10.6 Å². The summed E-state index contributed by atoms with van der Waals surface area (Å²) in [6, 6.07) is 7.57. The van der Waals surface area contributed by atoms with Gasteiger partial charge in [-0.2, -0.15) is 0 Å². The summed E-state index contributed by atoms with van der Waals surface area (Å²) in [4.78, 5) is 38.2. The van der Waals surface area contributed by atoms with E-state index in [0.717, 1.165) is 81.6 Å². The van der Waals surface area contributed by atoms with Crippen molar-refractivity contribution in [2.45, 2.75) is 136 Å². The van der Waals surface area contributed by atoms with Crippen molar-refractivity contribution >= 4 is 79.5 Å². The quantitative estimate of drug-likeness (QED) is 0.0635. The van der Waals surface area contributed by atoms with Crippen LogP contribution in [0.3, 0.4) is 0 Å². The molecule has 3 saturated carbocycles. The van der Waals surface area contributed by atoms with E-state index in [1.165, 1.54) is 37.5 Å². The molecule has 17 nitrogen and oxygen atoms in total. The predicted molar refractivity (Wildman–Crippen MR) is 314 cm³/mol. The van der Waals surface area contributed by atoms with Crippen LogP contribution < -0.4 is 10.6 Å². The number of halogens is 9. The normalized spacial score (nSPS) is 14.8. The molecule has 3 aromatic carbocycles. The van der Waals surface area contributed by atoms with Crippen LogP contribution in [0.1, 0.15) is 125 Å². The van der Waals surface area contributed by atoms with E-state index < -0.39 is 34.9 Å². The summed E-state index contributed by atoms with van der Waals surface area (Å²) >= 11 is 17.8. The Morgan fingerprint density at radius 1 is 0.500 bits per heavy atom. The molecule has 1 aliphatic heterocycles. The molecule has 13 rings (SSSR count). The van der Waals surface area contributed by atoms with Crippen molar-refractivity contribution in [3.8, 4) is 34.2 Å². The molecule has 0 bridgehead atoms. The second-order valence-electron chi connectivity index (χ2n) is 22.1. The van der Waals surface area contributed by atoms with Crippen molar-refractivity contribution in [2.75, 3.05) is 37.1 Å². The molecule has 4 N–H and O–H groups in total. The minimum atomic E-state index is -0.932. The Morgan fingerprint density at radius 2 is 0.845 bits per heavy atom. The van der Waals surface area contributed by atoms with Crippen molar-refractivity contribution in [1.29, 1.82) is 0 Å². The number of nitrogens with zero attached hydrogens (tertiary/aromatic N) is 12. The summed E-state index contributed by atoms with van der Waals surface area (Å²) in [5.74, 6) is -2.49. The Hall–Kier alpha value is -6.76. The van der Waals surface area contributed by atoms with E-state index in [4.69, 9.17) is 49.8 Å². The van der Waals surface area contributed by atoms with E-state index in [-0.39, 0.29) is 58.1 Å². The topological polar surface area (TPSA) is 205 Å². The number of rotatable bonds is 8. The molecule has 4 fully saturated rings. The summed E-state index contributed by atoms with van der Waals surface area (Å²) < 4.78 is 92.7. The van der Waals surface area contributed by atoms with Crippen molar-refractivity contribution in [2.24, 2.45) is 0 Å². The molecule has 0 amide bonds. The zero-order chi connectivity index (χ0) is 60.8. The summed E-state index contributed by atoms with van der Waals surface area (Å²) in [6.45, 7) is 18.0. The van der Waals surface area contributed by atoms with Gasteiger partial charge in [-0.25, -0.2) is 71.2 Å². The second kappa shape index (κ2) is 27.1. The highest BCUT2D eigenvalue weighted by Gasteiger charge is 2.34. The highest BCUT2D eigenvalue weighted by Crippen LogP contribution is 2.45. The van der Waals surface area contributed by atoms with E-state index >= 15 is 0 Å². The van der Waals surface area contributed by atoms with Crippen LogP contribution in [-0.2, 0) is 4.74 Å². The van der Waals surface area contributed by atoms with Crippen LogP contribution >= 0.6 is 34.8 Å². The largest absolute Gasteiger partial charge is 0.397 e. The van der Waals surface area contributed by atoms with Gasteiger partial charge in [-0.05, 0) is 130 Å². The van der Waals surface area contributed by atoms with Crippen molar-refractivity contribution in [3.63, 3.8) is 0 Å². The Kier molecular flexibility index (Phi) is 20.4. The van der Waals surface area contributed by atoms with Crippen molar-refractivity contribution in [3.05, 3.63) is 112 Å². The molecular formula is C58H65Cl3F6N14O3. The predicted octanol–water partition coefficient (Wildman–Crippen LogP) is 14.5. The molecule has 4 aliphatic rings. The van der Waals surface area contributed by atoms with Crippen LogP contribution in [-0.4, -0.2) is 106 Å². The first-order valence-corrected chi connectivity index (χ1v) is 28.6. The van der Waals surface area contributed by atoms with Crippen LogP contribution in [0.25, 0.3) is 67.3 Å². The fraction of sp³-hybridized carbons (Fsp3) is 0.431. The molecule has 26 heteroatoms. The number of ether oxygens (including phenoxy) is 1. The maximum atomic E-state index is 13.8. The number of hydrogen-bond donors (Lipinski definition) is 4. The molecule has 9 aromatic rings. The molecule has 448 valence electrons. The summed E-state index contributed by atoms with van der Waals surface area (Å²) in [7, 11) is 0. The number of anilines is 2. The number of fused-ring (bicyclic) bond motifs is 3. The van der Waals surface area contributed by atoms with E-state index in [2.05, 4.69) is 55.5 Å². The number of imidazole rings is 3. The number of hydrogen-bond acceptors (Lipinski definition) is 14. The number of aliphatic hydroxyl groups is 2. The Balaban J connectivity index is 0.000000151. The number of aliphatic hydroxyl groups excluding tert-OH is 2. The third kappa shape index (κ3) is 15.8. The van der Waals surface area contributed by atoms with Gasteiger partial charge in [0.05, 0.1) is 49.8 Å². The number of nitrogens with one attached hydrogen (secondary N) is 2. The van der Waals surface area contributed by atoms with E-state index in [0.29, 0.717) is 73.3 Å². The number of aromatic nitrogens is 12. The Bertz CT molecular complexity index is 3750. The van der Waals surface area contributed by atoms with Gasteiger partial charge in [0.1, 0.15) is 40.6 Å². The molecule has 3 aliphatic carbocycles. The van der Waals surface area contributed by atoms with Gasteiger partial charge in [0.15, 0.2) is 34.9 Å². The van der Waals surface area contributed by atoms with Gasteiger partial charge in [-0.3, -0.25) is 0 Å². The highest BCUT2D eigenvalue weighted by atomic mass is 35.5. The van der Waals surface area contributed by atoms with Gasteiger partial charge in [-0.1, -0.05) is 11.6 Å². The SMILES string of the molecule is C1CCOC1.CC(C)(C)Nc1nc(Cl)ncc1-c1nc2cc(F)c(F)cc2n1C1CC1.CC(C)(C)Nc1ncncc1-c1nc2cc(F)c(F)cc2n1C1CC1.CCO.CCO.Fc1cc2nc(-c3cnc(Cl)nc3Cl)n(C3CC3)c2cc1F. The fourth-order valence-corrected chi connectivity index (χ4v) is 9.40. The molecule has 0 spiro atoms. The van der Waals surface area contributed by atoms with Crippen molar-refractivity contribution in [1.82, 2.24) is 58.6 Å². The van der Waals surface area contributed by atoms with Crippen LogP contribution in [0, 0.1) is 34.9 Å². The Labute approximate surface area is 496 Å². The highest BCUT2D eigenvalue weighted by molar-refractivity contribution is 6.33. The monoisotopic (exact) mass is 1220 g/mol. The lowest BCUT2D eigenvalue weighted by Gasteiger charge is -2.23. The molecule has 84 heavy (non-hydrogen) atoms. The van der Waals surface area contributed by atoms with E-state index in [9.17, 15) is 26.3 Å². The van der Waals surface area contributed by atoms with Gasteiger partial charge in [0, 0.05) is 111 Å². The smallest absolute Gasteiger partial charge is 0.224 e. The molecule has 7 heterocycles. The van der Waals surface area contributed by atoms with Crippen LogP contribution in [0.4, 0.5) is 38.0 Å². The van der Waals surface area contributed by atoms with Gasteiger partial charge >= 0.3 is 0 Å². The standard InChI is InChI=1S/C18H18ClF2N5.C18H19F2N5.C14H8Cl2F2N4.C4H8O.2C2H6O/c1-18(2,3)25-15-10(8-22-17(19)24-15)16-23-13-6-11(20)12(21)7-14(13)26(16)9-4-5-9;1-18(2,3)24-16-11(8-21-9-22-16)17-23-14-6-12(19)13(20)7-15(14)25(17)10-4-5-10;15-12-7(5-19-14(16)21-12)13-20-10-3-8(17)9(18)4-11(10)22(13)6-1-2-6;1-2-4-5-3-1;2*1-2-3/h6-9H,4-5H2,1-3H3,(H,22,24,25);6-10H,4-5H2,1-3H3,(H,21,22,24);3-6H,1-2H2;1-4H2;2*3H,2H2,1H3. The zero-order valence-electron chi connectivity index (χ0n) is 47.6. The zero-order valence-corrected chi connectivity index (χ0v) is 49.8. The first-order valence-electron chi connectivity index (χ1n) is 27.4. The average Bonchev–Trinajstić information content (AvgIpc) is 2.90. The molecule has 0 atom stereocenters. The Morgan fingerprint density at radius 3 is 1.20 bits per heavy atom. The molecular weight excluding hydrogens is 1160 g/mol. The number of benzene rings is 3. The van der Waals surface area contributed by atoms with Gasteiger partial charge in [0.25, 0.3) is 0 Å². The van der Waals surface area contributed by atoms with Crippen LogP contribution in [0.15, 0.2) is 61.3 Å². The van der Waals surface area contributed by atoms with E-state index in [1.54, 1.807) is 26.2 Å². The molecule has 1 saturated heterocycles. The first kappa shape index (κ1) is 63.3. The summed E-state index contributed by atoms with van der Waals surface area (Å²) in [6.07, 6.45) is 14.6. The molecule has 0 unspecified atom stereocenters. The fourth-order valence-electron chi connectivity index (χ4n) is 8.87. The third-order valence-electron chi connectivity index (χ3n) is 12.7. The molecule has 6 aromatic heterocycles. The average molecular weight is 1230 g/mol. The minimum absolute atomic E-state index is 0.0277. The maximum Gasteiger partial charge on any atom is 0.224 e. The lowest BCUT2D eigenvalue weighted by atomic mass is 10.1. The summed E-state index contributed by atoms with van der Waals surface area (Å²) in [5, 5.41) is 22.1. The van der Waals surface area contributed by atoms with Crippen LogP contribution in [0.2, 0.25) is 15.7 Å². The maximum absolute atomic E-state index is 13.8. The molecule has 0 radical (unpaired) electrons. The summed E-state index contributed by atoms with van der Waals surface area (Å²) in [5.41, 5.74) is 4.30. The lowest BCUT2D eigenvalue weighted by molar-refractivity contribution is 0.198. The third-order valence-corrected chi connectivity index (χ3v) is 13.3. The lowest BCUT2D eigenvalue weighted by Crippen LogP contribution is -2.27. The first-order chi connectivity index (χ1) is 39.9. The van der Waals surface area contributed by atoms with Crippen molar-refractivity contribution < 1.29 is 41.3 Å².